The van der Waals surface area contributed by atoms with Crippen LogP contribution in [0.1, 0.15) is 24.4 Å². The predicted octanol–water partition coefficient (Wildman–Crippen LogP) is 2.90. The highest BCUT2D eigenvalue weighted by Crippen LogP contribution is 2.26. The first kappa shape index (κ1) is 8.97. The monoisotopic (exact) mass is 199 g/mol. The molecule has 1 fully saturated rings. The van der Waals surface area contributed by atoms with E-state index >= 15 is 0 Å². The molecule has 1 atom stereocenters. The van der Waals surface area contributed by atoms with Crippen molar-refractivity contribution in [1.82, 2.24) is 5.32 Å². The Kier molecular flexibility index (Phi) is 2.51. The van der Waals surface area contributed by atoms with Gasteiger partial charge in [0, 0.05) is 6.04 Å². The third-order valence-electron chi connectivity index (χ3n) is 2.41. The number of rotatable bonds is 1. The SMILES string of the molecule is Fc1ccc([C@@H]2CCCN2)cc1Cl. The summed E-state index contributed by atoms with van der Waals surface area (Å²) in [6.45, 7) is 1.04. The Morgan fingerprint density at radius 2 is 2.31 bits per heavy atom. The van der Waals surface area contributed by atoms with Gasteiger partial charge in [-0.2, -0.15) is 0 Å². The van der Waals surface area contributed by atoms with Crippen LogP contribution in [0.15, 0.2) is 18.2 Å². The quantitative estimate of drug-likeness (QED) is 0.734. The molecular weight excluding hydrogens is 189 g/mol. The molecule has 2 rings (SSSR count). The van der Waals surface area contributed by atoms with E-state index in [1.54, 1.807) is 12.1 Å². The van der Waals surface area contributed by atoms with Crippen molar-refractivity contribution in [3.63, 3.8) is 0 Å². The number of halogens is 2. The van der Waals surface area contributed by atoms with Crippen molar-refractivity contribution in [1.29, 1.82) is 0 Å². The summed E-state index contributed by atoms with van der Waals surface area (Å²) in [6.07, 6.45) is 2.29. The van der Waals surface area contributed by atoms with Gasteiger partial charge in [0.2, 0.25) is 0 Å². The topological polar surface area (TPSA) is 12.0 Å². The zero-order valence-electron chi connectivity index (χ0n) is 7.19. The van der Waals surface area contributed by atoms with Crippen LogP contribution in [0.4, 0.5) is 4.39 Å². The van der Waals surface area contributed by atoms with Gasteiger partial charge in [0.15, 0.2) is 0 Å². The second kappa shape index (κ2) is 3.64. The highest BCUT2D eigenvalue weighted by atomic mass is 35.5. The predicted molar refractivity (Wildman–Crippen MR) is 51.4 cm³/mol. The van der Waals surface area contributed by atoms with Crippen molar-refractivity contribution < 1.29 is 4.39 Å². The van der Waals surface area contributed by atoms with E-state index in [4.69, 9.17) is 11.6 Å². The minimum absolute atomic E-state index is 0.214. The van der Waals surface area contributed by atoms with Crippen molar-refractivity contribution in [3.05, 3.63) is 34.6 Å². The molecule has 1 N–H and O–H groups in total. The van der Waals surface area contributed by atoms with Gasteiger partial charge in [-0.05, 0) is 37.1 Å². The summed E-state index contributed by atoms with van der Waals surface area (Å²) < 4.78 is 12.8. The van der Waals surface area contributed by atoms with Crippen molar-refractivity contribution in [2.45, 2.75) is 18.9 Å². The normalized spacial score (nSPS) is 22.2. The lowest BCUT2D eigenvalue weighted by Crippen LogP contribution is -2.12. The summed E-state index contributed by atoms with van der Waals surface area (Å²) >= 11 is 5.69. The van der Waals surface area contributed by atoms with Crippen molar-refractivity contribution in [2.24, 2.45) is 0 Å². The highest BCUT2D eigenvalue weighted by molar-refractivity contribution is 6.30. The molecule has 0 aliphatic carbocycles. The molecule has 1 aromatic carbocycles. The molecule has 13 heavy (non-hydrogen) atoms. The summed E-state index contributed by atoms with van der Waals surface area (Å²) in [5.74, 6) is -0.344. The van der Waals surface area contributed by atoms with Gasteiger partial charge in [-0.1, -0.05) is 17.7 Å². The first-order valence-electron chi connectivity index (χ1n) is 4.46. The molecular formula is C10H11ClFN. The standard InChI is InChI=1S/C10H11ClFN/c11-8-6-7(3-4-9(8)12)10-2-1-5-13-10/h3-4,6,10,13H,1-2,5H2/t10-/m0/s1. The minimum atomic E-state index is -0.344. The second-order valence-corrected chi connectivity index (χ2v) is 3.73. The van der Waals surface area contributed by atoms with E-state index in [0.29, 0.717) is 6.04 Å². The lowest BCUT2D eigenvalue weighted by atomic mass is 10.1. The molecule has 1 aliphatic heterocycles. The van der Waals surface area contributed by atoms with Gasteiger partial charge < -0.3 is 5.32 Å². The zero-order chi connectivity index (χ0) is 9.26. The smallest absolute Gasteiger partial charge is 0.141 e. The maximum absolute atomic E-state index is 12.8. The lowest BCUT2D eigenvalue weighted by Gasteiger charge is -2.10. The van der Waals surface area contributed by atoms with Gasteiger partial charge in [0.05, 0.1) is 5.02 Å². The van der Waals surface area contributed by atoms with E-state index in [1.165, 1.54) is 12.5 Å². The summed E-state index contributed by atoms with van der Waals surface area (Å²) in [6, 6.07) is 5.29. The lowest BCUT2D eigenvalue weighted by molar-refractivity contribution is 0.618. The van der Waals surface area contributed by atoms with E-state index in [1.807, 2.05) is 0 Å². The van der Waals surface area contributed by atoms with Gasteiger partial charge in [0.1, 0.15) is 5.82 Å². The Balaban J connectivity index is 2.25. The first-order chi connectivity index (χ1) is 6.27. The summed E-state index contributed by atoms with van der Waals surface area (Å²) in [4.78, 5) is 0. The van der Waals surface area contributed by atoms with Gasteiger partial charge in [-0.15, -0.1) is 0 Å². The maximum Gasteiger partial charge on any atom is 0.141 e. The molecule has 0 radical (unpaired) electrons. The number of hydrogen-bond acceptors (Lipinski definition) is 1. The molecule has 0 saturated carbocycles. The van der Waals surface area contributed by atoms with Crippen LogP contribution in [0.2, 0.25) is 5.02 Å². The fraction of sp³-hybridized carbons (Fsp3) is 0.400. The molecule has 1 aliphatic rings. The third kappa shape index (κ3) is 1.84. The van der Waals surface area contributed by atoms with Crippen LogP contribution in [-0.2, 0) is 0 Å². The molecule has 1 saturated heterocycles. The summed E-state index contributed by atoms with van der Waals surface area (Å²) in [7, 11) is 0. The number of benzene rings is 1. The van der Waals surface area contributed by atoms with Crippen LogP contribution in [0.5, 0.6) is 0 Å². The Morgan fingerprint density at radius 1 is 1.46 bits per heavy atom. The Bertz CT molecular complexity index is 308. The van der Waals surface area contributed by atoms with Crippen LogP contribution in [0.3, 0.4) is 0 Å². The molecule has 0 spiro atoms. The van der Waals surface area contributed by atoms with Crippen LogP contribution < -0.4 is 5.32 Å². The largest absolute Gasteiger partial charge is 0.310 e. The van der Waals surface area contributed by atoms with Crippen molar-refractivity contribution in [3.8, 4) is 0 Å². The van der Waals surface area contributed by atoms with E-state index in [2.05, 4.69) is 5.32 Å². The number of nitrogens with one attached hydrogen (secondary N) is 1. The third-order valence-corrected chi connectivity index (χ3v) is 2.70. The van der Waals surface area contributed by atoms with Crippen LogP contribution in [0, 0.1) is 5.82 Å². The van der Waals surface area contributed by atoms with Crippen molar-refractivity contribution in [2.75, 3.05) is 6.54 Å². The van der Waals surface area contributed by atoms with Gasteiger partial charge in [0.25, 0.3) is 0 Å². The van der Waals surface area contributed by atoms with Crippen molar-refractivity contribution >= 4 is 11.6 Å². The molecule has 70 valence electrons. The summed E-state index contributed by atoms with van der Waals surface area (Å²) in [5.41, 5.74) is 1.09. The molecule has 0 unspecified atom stereocenters. The van der Waals surface area contributed by atoms with E-state index in [-0.39, 0.29) is 10.8 Å². The maximum atomic E-state index is 12.8. The first-order valence-corrected chi connectivity index (χ1v) is 4.83. The van der Waals surface area contributed by atoms with Crippen LogP contribution in [0.25, 0.3) is 0 Å². The molecule has 3 heteroatoms. The van der Waals surface area contributed by atoms with Gasteiger partial charge in [-0.25, -0.2) is 4.39 Å². The Morgan fingerprint density at radius 3 is 2.92 bits per heavy atom. The average Bonchev–Trinajstić information content (AvgIpc) is 2.62. The zero-order valence-corrected chi connectivity index (χ0v) is 7.94. The Hall–Kier alpha value is -0.600. The molecule has 0 aromatic heterocycles. The molecule has 0 bridgehead atoms. The minimum Gasteiger partial charge on any atom is -0.310 e. The number of hydrogen-bond donors (Lipinski definition) is 1. The highest BCUT2D eigenvalue weighted by Gasteiger charge is 2.16. The van der Waals surface area contributed by atoms with E-state index < -0.39 is 0 Å². The second-order valence-electron chi connectivity index (χ2n) is 3.32. The van der Waals surface area contributed by atoms with Gasteiger partial charge >= 0.3 is 0 Å². The average molecular weight is 200 g/mol. The molecule has 1 nitrogen and oxygen atoms in total. The van der Waals surface area contributed by atoms with Crippen LogP contribution in [-0.4, -0.2) is 6.54 Å². The van der Waals surface area contributed by atoms with E-state index in [9.17, 15) is 4.39 Å². The summed E-state index contributed by atoms with van der Waals surface area (Å²) in [5, 5.41) is 3.55. The molecule has 1 aromatic rings. The van der Waals surface area contributed by atoms with Crippen LogP contribution >= 0.6 is 11.6 Å². The molecule has 0 amide bonds. The fourth-order valence-electron chi connectivity index (χ4n) is 1.70. The van der Waals surface area contributed by atoms with E-state index in [0.717, 1.165) is 18.5 Å². The Labute approximate surface area is 81.9 Å². The fourth-order valence-corrected chi connectivity index (χ4v) is 1.89. The van der Waals surface area contributed by atoms with Gasteiger partial charge in [-0.3, -0.25) is 0 Å². The molecule has 1 heterocycles.